The summed E-state index contributed by atoms with van der Waals surface area (Å²) in [7, 11) is -3.57. The van der Waals surface area contributed by atoms with E-state index in [-0.39, 0.29) is 29.9 Å². The van der Waals surface area contributed by atoms with Gasteiger partial charge in [0.2, 0.25) is 0 Å². The van der Waals surface area contributed by atoms with Crippen LogP contribution in [0.5, 0.6) is 0 Å². The van der Waals surface area contributed by atoms with Gasteiger partial charge >= 0.3 is 5.97 Å². The normalized spacial score (nSPS) is 17.0. The number of amidine groups is 1. The van der Waals surface area contributed by atoms with Gasteiger partial charge < -0.3 is 4.74 Å². The van der Waals surface area contributed by atoms with Crippen LogP contribution in [-0.2, 0) is 19.6 Å². The van der Waals surface area contributed by atoms with E-state index >= 15 is 0 Å². The highest BCUT2D eigenvalue weighted by molar-refractivity contribution is 7.90. The fourth-order valence-corrected chi connectivity index (χ4v) is 4.60. The number of hydrogen-bond acceptors (Lipinski definition) is 6. The maximum absolute atomic E-state index is 12.8. The van der Waals surface area contributed by atoms with Gasteiger partial charge in [-0.25, -0.2) is 13.2 Å². The van der Waals surface area contributed by atoms with E-state index in [2.05, 4.69) is 9.71 Å². The molecular formula is C21H25N3O4S. The van der Waals surface area contributed by atoms with Gasteiger partial charge in [0, 0.05) is 5.56 Å². The van der Waals surface area contributed by atoms with Crippen LogP contribution in [0.1, 0.15) is 31.0 Å². The van der Waals surface area contributed by atoms with Gasteiger partial charge in [-0.15, -0.1) is 0 Å². The number of benzene rings is 2. The molecule has 1 aliphatic rings. The van der Waals surface area contributed by atoms with Crippen molar-refractivity contribution < 1.29 is 17.9 Å². The quantitative estimate of drug-likeness (QED) is 0.528. The Bertz CT molecular complexity index is 986. The van der Waals surface area contributed by atoms with Crippen molar-refractivity contribution in [3.8, 4) is 0 Å². The Hall–Kier alpha value is -2.71. The number of nitrogens with one attached hydrogen (secondary N) is 1. The van der Waals surface area contributed by atoms with Crippen molar-refractivity contribution in [2.75, 3.05) is 26.2 Å². The van der Waals surface area contributed by atoms with Crippen LogP contribution in [0, 0.1) is 0 Å². The number of esters is 1. The molecule has 0 amide bonds. The first-order valence-corrected chi connectivity index (χ1v) is 11.1. The Morgan fingerprint density at radius 2 is 1.72 bits per heavy atom. The average Bonchev–Trinajstić information content (AvgIpc) is 3.00. The van der Waals surface area contributed by atoms with Crippen molar-refractivity contribution in [1.29, 1.82) is 0 Å². The largest absolute Gasteiger partial charge is 0.462 e. The minimum Gasteiger partial charge on any atom is -0.462 e. The lowest BCUT2D eigenvalue weighted by Crippen LogP contribution is -2.35. The van der Waals surface area contributed by atoms with Crippen LogP contribution >= 0.6 is 0 Å². The summed E-state index contributed by atoms with van der Waals surface area (Å²) in [4.78, 5) is 19.3. The van der Waals surface area contributed by atoms with E-state index in [0.717, 1.165) is 5.56 Å². The summed E-state index contributed by atoms with van der Waals surface area (Å²) in [6.07, 6.45) is 0. The van der Waals surface area contributed by atoms with Gasteiger partial charge in [-0.1, -0.05) is 56.3 Å². The van der Waals surface area contributed by atoms with Crippen LogP contribution in [0.3, 0.4) is 0 Å². The van der Waals surface area contributed by atoms with E-state index in [0.29, 0.717) is 18.7 Å². The molecule has 1 aliphatic heterocycles. The molecular weight excluding hydrogens is 390 g/mol. The lowest BCUT2D eigenvalue weighted by atomic mass is 10.1. The Labute approximate surface area is 171 Å². The van der Waals surface area contributed by atoms with Gasteiger partial charge in [0.25, 0.3) is 10.0 Å². The fourth-order valence-electron chi connectivity index (χ4n) is 3.35. The Balaban J connectivity index is 1.66. The molecule has 1 unspecified atom stereocenters. The lowest BCUT2D eigenvalue weighted by Gasteiger charge is -2.28. The number of hydrogen-bond donors (Lipinski definition) is 1. The second-order valence-electron chi connectivity index (χ2n) is 6.53. The van der Waals surface area contributed by atoms with Crippen LogP contribution in [0.15, 0.2) is 64.5 Å². The SMILES string of the molecule is CCN(CC)C(C(=O)OCCN=C1NS(=O)(=O)c2ccccc21)c1ccccc1. The molecule has 0 saturated heterocycles. The van der Waals surface area contributed by atoms with Crippen molar-refractivity contribution in [3.05, 3.63) is 65.7 Å². The van der Waals surface area contributed by atoms with E-state index in [1.54, 1.807) is 18.2 Å². The standard InChI is InChI=1S/C21H25N3O4S/c1-3-24(4-2)19(16-10-6-5-7-11-16)21(25)28-15-14-22-20-17-12-8-9-13-18(17)29(26,27)23-20/h5-13,19H,3-4,14-15H2,1-2H3,(H,22,23). The summed E-state index contributed by atoms with van der Waals surface area (Å²) in [6, 6.07) is 15.7. The third-order valence-corrected chi connectivity index (χ3v) is 6.18. The van der Waals surface area contributed by atoms with E-state index in [1.807, 2.05) is 49.1 Å². The number of carbonyl (C=O) groups excluding carboxylic acids is 1. The van der Waals surface area contributed by atoms with E-state index in [4.69, 9.17) is 4.74 Å². The molecule has 1 atom stereocenters. The first-order valence-electron chi connectivity index (χ1n) is 9.60. The predicted molar refractivity (Wildman–Crippen MR) is 111 cm³/mol. The number of rotatable bonds is 8. The number of carbonyl (C=O) groups is 1. The highest BCUT2D eigenvalue weighted by atomic mass is 32.2. The van der Waals surface area contributed by atoms with Crippen molar-refractivity contribution in [3.63, 3.8) is 0 Å². The molecule has 0 fully saturated rings. The lowest BCUT2D eigenvalue weighted by molar-refractivity contribution is -0.150. The molecule has 0 radical (unpaired) electrons. The monoisotopic (exact) mass is 415 g/mol. The molecule has 0 aromatic heterocycles. The first-order chi connectivity index (χ1) is 14.0. The van der Waals surface area contributed by atoms with Gasteiger partial charge in [0.05, 0.1) is 11.4 Å². The number of likely N-dealkylation sites (N-methyl/N-ethyl adjacent to an activating group) is 1. The van der Waals surface area contributed by atoms with Gasteiger partial charge in [-0.05, 0) is 30.8 Å². The summed E-state index contributed by atoms with van der Waals surface area (Å²) in [5.74, 6) is -0.0625. The molecule has 7 nitrogen and oxygen atoms in total. The summed E-state index contributed by atoms with van der Waals surface area (Å²) >= 11 is 0. The highest BCUT2D eigenvalue weighted by Gasteiger charge is 2.30. The van der Waals surface area contributed by atoms with Crippen LogP contribution in [-0.4, -0.2) is 51.4 Å². The van der Waals surface area contributed by atoms with Crippen LogP contribution in [0.25, 0.3) is 0 Å². The summed E-state index contributed by atoms with van der Waals surface area (Å²) in [6.45, 7) is 5.66. The van der Waals surface area contributed by atoms with Crippen molar-refractivity contribution in [1.82, 2.24) is 9.62 Å². The summed E-state index contributed by atoms with van der Waals surface area (Å²) < 4.78 is 32.1. The molecule has 154 valence electrons. The van der Waals surface area contributed by atoms with E-state index < -0.39 is 16.1 Å². The number of sulfonamides is 1. The summed E-state index contributed by atoms with van der Waals surface area (Å²) in [5.41, 5.74) is 1.41. The Kier molecular flexibility index (Phi) is 6.66. The number of aliphatic imine (C=N–C) groups is 1. The highest BCUT2D eigenvalue weighted by Crippen LogP contribution is 2.23. The predicted octanol–water partition coefficient (Wildman–Crippen LogP) is 2.35. The van der Waals surface area contributed by atoms with Crippen LogP contribution < -0.4 is 4.72 Å². The van der Waals surface area contributed by atoms with Gasteiger partial charge in [-0.2, -0.15) is 0 Å². The molecule has 1 N–H and O–H groups in total. The van der Waals surface area contributed by atoms with E-state index in [1.165, 1.54) is 6.07 Å². The minimum atomic E-state index is -3.57. The molecule has 0 aliphatic carbocycles. The zero-order valence-electron chi connectivity index (χ0n) is 16.5. The van der Waals surface area contributed by atoms with Crippen molar-refractivity contribution in [2.24, 2.45) is 4.99 Å². The van der Waals surface area contributed by atoms with Gasteiger partial charge in [0.15, 0.2) is 0 Å². The topological polar surface area (TPSA) is 88.1 Å². The molecule has 0 saturated carbocycles. The Morgan fingerprint density at radius 1 is 1.07 bits per heavy atom. The van der Waals surface area contributed by atoms with Crippen LogP contribution in [0.2, 0.25) is 0 Å². The van der Waals surface area contributed by atoms with E-state index in [9.17, 15) is 13.2 Å². The third kappa shape index (κ3) is 4.65. The molecule has 0 bridgehead atoms. The smallest absolute Gasteiger partial charge is 0.328 e. The van der Waals surface area contributed by atoms with Crippen molar-refractivity contribution in [2.45, 2.75) is 24.8 Å². The third-order valence-electron chi connectivity index (χ3n) is 4.78. The maximum atomic E-state index is 12.8. The zero-order valence-corrected chi connectivity index (χ0v) is 17.4. The number of nitrogens with zero attached hydrogens (tertiary/aromatic N) is 2. The molecule has 2 aromatic rings. The van der Waals surface area contributed by atoms with Gasteiger partial charge in [0.1, 0.15) is 18.5 Å². The summed E-state index contributed by atoms with van der Waals surface area (Å²) in [5, 5.41) is 0. The van der Waals surface area contributed by atoms with Gasteiger partial charge in [-0.3, -0.25) is 14.6 Å². The molecule has 0 spiro atoms. The molecule has 2 aromatic carbocycles. The molecule has 3 rings (SSSR count). The molecule has 8 heteroatoms. The van der Waals surface area contributed by atoms with Crippen molar-refractivity contribution >= 4 is 21.8 Å². The second kappa shape index (κ2) is 9.19. The average molecular weight is 416 g/mol. The minimum absolute atomic E-state index is 0.0663. The Morgan fingerprint density at radius 3 is 2.41 bits per heavy atom. The fraction of sp³-hybridized carbons (Fsp3) is 0.333. The number of ether oxygens (including phenoxy) is 1. The van der Waals surface area contributed by atoms with Crippen LogP contribution in [0.4, 0.5) is 0 Å². The first kappa shape index (κ1) is 21.0. The number of fused-ring (bicyclic) bond motifs is 1. The maximum Gasteiger partial charge on any atom is 0.328 e. The molecule has 29 heavy (non-hydrogen) atoms. The second-order valence-corrected chi connectivity index (χ2v) is 8.18. The molecule has 1 heterocycles. The zero-order chi connectivity index (χ0) is 20.9.